The molecule has 0 radical (unpaired) electrons. The maximum absolute atomic E-state index is 13.6. The van der Waals surface area contributed by atoms with E-state index < -0.39 is 23.8 Å². The third-order valence-electron chi connectivity index (χ3n) is 4.70. The number of nitrogen functional groups attached to an aromatic ring is 1. The Morgan fingerprint density at radius 1 is 1.27 bits per heavy atom. The molecule has 0 saturated carbocycles. The summed E-state index contributed by atoms with van der Waals surface area (Å²) in [6.45, 7) is 0.392. The van der Waals surface area contributed by atoms with Gasteiger partial charge in [-0.3, -0.25) is 14.4 Å². The fraction of sp³-hybridized carbons (Fsp3) is 0.238. The van der Waals surface area contributed by atoms with Crippen molar-refractivity contribution in [3.05, 3.63) is 64.6 Å². The van der Waals surface area contributed by atoms with Crippen LogP contribution in [-0.2, 0) is 16.1 Å². The number of aromatic hydroxyl groups is 1. The van der Waals surface area contributed by atoms with Crippen LogP contribution in [0.25, 0.3) is 0 Å². The molecule has 0 aliphatic rings. The van der Waals surface area contributed by atoms with E-state index in [1.807, 2.05) is 0 Å². The van der Waals surface area contributed by atoms with E-state index >= 15 is 0 Å². The number of nitrogens with one attached hydrogen (secondary N) is 1. The van der Waals surface area contributed by atoms with Gasteiger partial charge in [0.25, 0.3) is 11.8 Å². The first-order valence-corrected chi connectivity index (χ1v) is 10.5. The molecule has 3 amide bonds. The molecule has 33 heavy (non-hydrogen) atoms. The Bertz CT molecular complexity index is 1110. The first kappa shape index (κ1) is 23.8. The number of nitrogens with zero attached hydrogens (tertiary/aromatic N) is 2. The minimum Gasteiger partial charge on any atom is -0.508 e. The third kappa shape index (κ3) is 5.48. The molecular formula is C21H23N5O6S. The average molecular weight is 474 g/mol. The zero-order chi connectivity index (χ0) is 24.0. The van der Waals surface area contributed by atoms with Crippen molar-refractivity contribution < 1.29 is 28.6 Å². The number of ether oxygens (including phenoxy) is 1. The molecule has 3 rings (SSSR count). The number of anilines is 1. The summed E-state index contributed by atoms with van der Waals surface area (Å²) >= 11 is 0.712. The molecule has 0 bridgehead atoms. The molecule has 0 unspecified atom stereocenters. The lowest BCUT2D eigenvalue weighted by molar-refractivity contribution is -0.126. The van der Waals surface area contributed by atoms with Gasteiger partial charge in [0.2, 0.25) is 5.91 Å². The van der Waals surface area contributed by atoms with Crippen LogP contribution in [0.3, 0.4) is 0 Å². The van der Waals surface area contributed by atoms with Crippen LogP contribution in [0.4, 0.5) is 5.69 Å². The van der Waals surface area contributed by atoms with Crippen molar-refractivity contribution in [2.75, 3.05) is 26.0 Å². The number of nitrogens with two attached hydrogens (primary N) is 2. The highest BCUT2D eigenvalue weighted by Gasteiger charge is 2.35. The highest BCUT2D eigenvalue weighted by molar-refractivity contribution is 7.09. The van der Waals surface area contributed by atoms with Gasteiger partial charge in [-0.1, -0.05) is 12.1 Å². The number of phenols is 1. The van der Waals surface area contributed by atoms with Crippen molar-refractivity contribution in [3.63, 3.8) is 0 Å². The maximum Gasteiger partial charge on any atom is 0.270 e. The molecule has 11 nitrogen and oxygen atoms in total. The topological polar surface area (TPSA) is 174 Å². The quantitative estimate of drug-likeness (QED) is 0.318. The summed E-state index contributed by atoms with van der Waals surface area (Å²) in [5.41, 5.74) is 11.3. The molecule has 12 heteroatoms. The molecule has 174 valence electrons. The van der Waals surface area contributed by atoms with Crippen molar-refractivity contribution >= 4 is 34.9 Å². The number of hydrogen-bond acceptors (Lipinski definition) is 9. The number of methoxy groups -OCH3 is 1. The van der Waals surface area contributed by atoms with Crippen LogP contribution in [0, 0.1) is 0 Å². The van der Waals surface area contributed by atoms with E-state index in [1.165, 1.54) is 42.5 Å². The maximum atomic E-state index is 13.6. The van der Waals surface area contributed by atoms with E-state index in [4.69, 9.17) is 20.6 Å². The normalized spacial score (nSPS) is 11.7. The average Bonchev–Trinajstić information content (AvgIpc) is 3.44. The molecule has 2 heterocycles. The van der Waals surface area contributed by atoms with Crippen molar-refractivity contribution in [1.29, 1.82) is 0 Å². The van der Waals surface area contributed by atoms with Gasteiger partial charge < -0.3 is 35.9 Å². The molecule has 2 aromatic heterocycles. The first-order valence-electron chi connectivity index (χ1n) is 9.77. The van der Waals surface area contributed by atoms with E-state index in [2.05, 4.69) is 9.69 Å². The first-order chi connectivity index (χ1) is 15.8. The van der Waals surface area contributed by atoms with Gasteiger partial charge in [0, 0.05) is 13.7 Å². The van der Waals surface area contributed by atoms with Gasteiger partial charge in [0.1, 0.15) is 22.4 Å². The fourth-order valence-electron chi connectivity index (χ4n) is 3.11. The molecule has 0 aliphatic heterocycles. The standard InChI is InChI=1S/C21H23N5O6S/c1-31-10-8-24-20(29)17(12-4-6-13(27)7-5-12)26(11-14-3-2-9-32-14)21(30)18-15(22)16(19(23)28)25-33-18/h2-7,9,17,27H,8,10-11,22H2,1H3,(H2,23,28)(H,24,29)/t17-/m0/s1. The van der Waals surface area contributed by atoms with Gasteiger partial charge in [-0.2, -0.15) is 4.37 Å². The zero-order valence-corrected chi connectivity index (χ0v) is 18.5. The Kier molecular flexibility index (Phi) is 7.64. The molecular weight excluding hydrogens is 450 g/mol. The minimum atomic E-state index is -1.13. The highest BCUT2D eigenvalue weighted by Crippen LogP contribution is 2.31. The monoisotopic (exact) mass is 473 g/mol. The Morgan fingerprint density at radius 3 is 2.58 bits per heavy atom. The Morgan fingerprint density at radius 2 is 2.00 bits per heavy atom. The SMILES string of the molecule is COCCNC(=O)[C@H](c1ccc(O)cc1)N(Cc1ccco1)C(=O)c1snc(C(N)=O)c1N. The smallest absolute Gasteiger partial charge is 0.270 e. The Labute approximate surface area is 193 Å². The van der Waals surface area contributed by atoms with Crippen LogP contribution in [-0.4, -0.2) is 52.4 Å². The van der Waals surface area contributed by atoms with E-state index in [9.17, 15) is 19.5 Å². The van der Waals surface area contributed by atoms with Crippen LogP contribution in [0.2, 0.25) is 0 Å². The lowest BCUT2D eigenvalue weighted by atomic mass is 10.0. The zero-order valence-electron chi connectivity index (χ0n) is 17.7. The van der Waals surface area contributed by atoms with Gasteiger partial charge in [-0.25, -0.2) is 0 Å². The van der Waals surface area contributed by atoms with Gasteiger partial charge in [-0.05, 0) is 41.4 Å². The van der Waals surface area contributed by atoms with E-state index in [1.54, 1.807) is 12.1 Å². The number of carbonyl (C=O) groups excluding carboxylic acids is 3. The van der Waals surface area contributed by atoms with Crippen molar-refractivity contribution in [2.24, 2.45) is 5.73 Å². The van der Waals surface area contributed by atoms with Gasteiger partial charge in [0.15, 0.2) is 5.69 Å². The molecule has 3 aromatic rings. The Hall–Kier alpha value is -3.90. The molecule has 1 atom stereocenters. The predicted octanol–water partition coefficient (Wildman–Crippen LogP) is 1.27. The molecule has 0 aliphatic carbocycles. The fourth-order valence-corrected chi connectivity index (χ4v) is 3.87. The summed E-state index contributed by atoms with van der Waals surface area (Å²) in [7, 11) is 1.50. The minimum absolute atomic E-state index is 0.000923. The van der Waals surface area contributed by atoms with Crippen LogP contribution in [0.15, 0.2) is 47.1 Å². The van der Waals surface area contributed by atoms with Crippen LogP contribution in [0.1, 0.15) is 37.5 Å². The van der Waals surface area contributed by atoms with Crippen LogP contribution >= 0.6 is 11.5 Å². The lowest BCUT2D eigenvalue weighted by Gasteiger charge is -2.30. The number of rotatable bonds is 10. The summed E-state index contributed by atoms with van der Waals surface area (Å²) < 4.78 is 14.3. The molecule has 0 spiro atoms. The van der Waals surface area contributed by atoms with Gasteiger partial charge in [-0.15, -0.1) is 0 Å². The predicted molar refractivity (Wildman–Crippen MR) is 119 cm³/mol. The number of primary amides is 1. The number of carbonyl (C=O) groups is 3. The summed E-state index contributed by atoms with van der Waals surface area (Å²) in [6.07, 6.45) is 1.44. The molecule has 0 saturated heterocycles. The van der Waals surface area contributed by atoms with Gasteiger partial charge in [0.05, 0.1) is 25.1 Å². The lowest BCUT2D eigenvalue weighted by Crippen LogP contribution is -2.44. The van der Waals surface area contributed by atoms with Crippen LogP contribution in [0.5, 0.6) is 5.75 Å². The number of amides is 3. The summed E-state index contributed by atoms with van der Waals surface area (Å²) in [6, 6.07) is 8.06. The van der Waals surface area contributed by atoms with E-state index in [-0.39, 0.29) is 41.7 Å². The largest absolute Gasteiger partial charge is 0.508 e. The second kappa shape index (κ2) is 10.6. The van der Waals surface area contributed by atoms with E-state index in [0.29, 0.717) is 22.9 Å². The number of hydrogen-bond donors (Lipinski definition) is 4. The summed E-state index contributed by atoms with van der Waals surface area (Å²) in [4.78, 5) is 39.6. The van der Waals surface area contributed by atoms with Crippen molar-refractivity contribution in [1.82, 2.24) is 14.6 Å². The summed E-state index contributed by atoms with van der Waals surface area (Å²) in [5, 5.41) is 12.4. The number of benzene rings is 1. The molecule has 0 fully saturated rings. The van der Waals surface area contributed by atoms with Crippen molar-refractivity contribution in [2.45, 2.75) is 12.6 Å². The Balaban J connectivity index is 2.07. The van der Waals surface area contributed by atoms with Gasteiger partial charge >= 0.3 is 0 Å². The summed E-state index contributed by atoms with van der Waals surface area (Å²) in [5.74, 6) is -1.59. The van der Waals surface area contributed by atoms with Crippen molar-refractivity contribution in [3.8, 4) is 5.75 Å². The second-order valence-electron chi connectivity index (χ2n) is 6.93. The second-order valence-corrected chi connectivity index (χ2v) is 7.70. The highest BCUT2D eigenvalue weighted by atomic mass is 32.1. The van der Waals surface area contributed by atoms with Crippen LogP contribution < -0.4 is 16.8 Å². The molecule has 1 aromatic carbocycles. The number of phenolic OH excluding ortho intramolecular Hbond substituents is 1. The van der Waals surface area contributed by atoms with E-state index in [0.717, 1.165) is 0 Å². The number of furan rings is 1. The number of aromatic nitrogens is 1. The third-order valence-corrected chi connectivity index (χ3v) is 5.55. The molecule has 6 N–H and O–H groups in total.